The number of nitrogens with one attached hydrogen (secondary N) is 1. The minimum atomic E-state index is 0.398. The van der Waals surface area contributed by atoms with Crippen molar-refractivity contribution >= 4 is 38.6 Å². The first-order valence-electron chi connectivity index (χ1n) is 3.81. The van der Waals surface area contributed by atoms with Gasteiger partial charge in [0, 0.05) is 5.33 Å². The molecule has 4 nitrogen and oxygen atoms in total. The van der Waals surface area contributed by atoms with E-state index in [1.165, 1.54) is 0 Å². The molecular formula is C8H9BrN4. The smallest absolute Gasteiger partial charge is 0.198 e. The van der Waals surface area contributed by atoms with Crippen molar-refractivity contribution < 1.29 is 0 Å². The molecule has 1 aromatic carbocycles. The first-order chi connectivity index (χ1) is 6.22. The van der Waals surface area contributed by atoms with Gasteiger partial charge in [-0.1, -0.05) is 22.0 Å². The summed E-state index contributed by atoms with van der Waals surface area (Å²) in [6.07, 6.45) is 0. The van der Waals surface area contributed by atoms with E-state index in [-0.39, 0.29) is 0 Å². The molecule has 0 unspecified atom stereocenters. The average molecular weight is 241 g/mol. The molecule has 13 heavy (non-hydrogen) atoms. The van der Waals surface area contributed by atoms with Crippen LogP contribution in [0.4, 0.5) is 11.6 Å². The zero-order valence-corrected chi connectivity index (χ0v) is 8.43. The maximum absolute atomic E-state index is 5.75. The Morgan fingerprint density at radius 1 is 1.38 bits per heavy atom. The van der Waals surface area contributed by atoms with Gasteiger partial charge in [-0.15, -0.1) is 0 Å². The van der Waals surface area contributed by atoms with Crippen LogP contribution in [0, 0.1) is 0 Å². The van der Waals surface area contributed by atoms with Crippen molar-refractivity contribution in [1.29, 1.82) is 0 Å². The van der Waals surface area contributed by atoms with Crippen LogP contribution in [-0.4, -0.2) is 9.97 Å². The number of alkyl halides is 1. The van der Waals surface area contributed by atoms with E-state index in [0.29, 0.717) is 11.6 Å². The molecule has 5 N–H and O–H groups in total. The highest BCUT2D eigenvalue weighted by molar-refractivity contribution is 9.08. The fourth-order valence-electron chi connectivity index (χ4n) is 1.29. The Labute approximate surface area is 83.5 Å². The zero-order valence-electron chi connectivity index (χ0n) is 6.84. The Kier molecular flexibility index (Phi) is 1.88. The molecule has 68 valence electrons. The standard InChI is InChI=1S/C8H9BrN4/c9-3-4-1-2-5(10)7-6(4)12-8(11)13-7/h1-2H,3,10H2,(H3,11,12,13). The van der Waals surface area contributed by atoms with Gasteiger partial charge in [0.15, 0.2) is 5.95 Å². The highest BCUT2D eigenvalue weighted by Gasteiger charge is 2.07. The number of aromatic amines is 1. The fraction of sp³-hybridized carbons (Fsp3) is 0.125. The van der Waals surface area contributed by atoms with Crippen LogP contribution in [0.3, 0.4) is 0 Å². The molecule has 2 rings (SSSR count). The van der Waals surface area contributed by atoms with Crippen molar-refractivity contribution in [3.63, 3.8) is 0 Å². The van der Waals surface area contributed by atoms with Crippen LogP contribution < -0.4 is 11.5 Å². The SMILES string of the molecule is Nc1nc2c(CBr)ccc(N)c2[nH]1. The molecule has 0 fully saturated rings. The third kappa shape index (κ3) is 1.25. The van der Waals surface area contributed by atoms with Crippen LogP contribution >= 0.6 is 15.9 Å². The van der Waals surface area contributed by atoms with Crippen LogP contribution in [0.1, 0.15) is 5.56 Å². The van der Waals surface area contributed by atoms with E-state index in [1.54, 1.807) is 0 Å². The number of hydrogen-bond acceptors (Lipinski definition) is 3. The number of H-pyrrole nitrogens is 1. The number of fused-ring (bicyclic) bond motifs is 1. The van der Waals surface area contributed by atoms with Gasteiger partial charge in [-0.3, -0.25) is 0 Å². The molecule has 0 saturated heterocycles. The van der Waals surface area contributed by atoms with Gasteiger partial charge in [0.05, 0.1) is 16.7 Å². The van der Waals surface area contributed by atoms with Gasteiger partial charge in [-0.25, -0.2) is 4.98 Å². The summed E-state index contributed by atoms with van der Waals surface area (Å²) in [5.41, 5.74) is 14.7. The average Bonchev–Trinajstić information content (AvgIpc) is 2.48. The third-order valence-electron chi connectivity index (χ3n) is 1.92. The molecule has 0 radical (unpaired) electrons. The summed E-state index contributed by atoms with van der Waals surface area (Å²) in [4.78, 5) is 7.08. The summed E-state index contributed by atoms with van der Waals surface area (Å²) in [5.74, 6) is 0.398. The third-order valence-corrected chi connectivity index (χ3v) is 2.53. The van der Waals surface area contributed by atoms with E-state index in [0.717, 1.165) is 21.9 Å². The summed E-state index contributed by atoms with van der Waals surface area (Å²) in [6, 6.07) is 3.78. The largest absolute Gasteiger partial charge is 0.397 e. The normalized spacial score (nSPS) is 10.8. The second kappa shape index (κ2) is 2.92. The fourth-order valence-corrected chi connectivity index (χ4v) is 1.75. The number of nitrogen functional groups attached to an aromatic ring is 2. The van der Waals surface area contributed by atoms with Crippen LogP contribution in [0.5, 0.6) is 0 Å². The van der Waals surface area contributed by atoms with Crippen molar-refractivity contribution in [2.75, 3.05) is 11.5 Å². The van der Waals surface area contributed by atoms with Crippen molar-refractivity contribution in [3.05, 3.63) is 17.7 Å². The summed E-state index contributed by atoms with van der Waals surface area (Å²) in [6.45, 7) is 0. The Bertz CT molecular complexity index is 449. The van der Waals surface area contributed by atoms with E-state index >= 15 is 0 Å². The maximum atomic E-state index is 5.75. The highest BCUT2D eigenvalue weighted by Crippen LogP contribution is 2.24. The molecule has 5 heteroatoms. The Hall–Kier alpha value is -1.23. The molecular weight excluding hydrogens is 232 g/mol. The number of anilines is 2. The highest BCUT2D eigenvalue weighted by atomic mass is 79.9. The predicted octanol–water partition coefficient (Wildman–Crippen LogP) is 1.62. The molecule has 0 saturated carbocycles. The van der Waals surface area contributed by atoms with Crippen molar-refractivity contribution in [3.8, 4) is 0 Å². The minimum Gasteiger partial charge on any atom is -0.397 e. The van der Waals surface area contributed by atoms with Crippen LogP contribution in [0.25, 0.3) is 11.0 Å². The summed E-state index contributed by atoms with van der Waals surface area (Å²) in [5, 5.41) is 0.744. The van der Waals surface area contributed by atoms with Gasteiger partial charge in [0.2, 0.25) is 0 Å². The molecule has 0 aliphatic heterocycles. The van der Waals surface area contributed by atoms with E-state index in [1.807, 2.05) is 12.1 Å². The second-order valence-corrected chi connectivity index (χ2v) is 3.35. The summed E-state index contributed by atoms with van der Waals surface area (Å²) >= 11 is 3.38. The summed E-state index contributed by atoms with van der Waals surface area (Å²) in [7, 11) is 0. The first-order valence-corrected chi connectivity index (χ1v) is 4.93. The number of aromatic nitrogens is 2. The molecule has 0 atom stereocenters. The predicted molar refractivity (Wildman–Crippen MR) is 57.5 cm³/mol. The molecule has 1 aromatic heterocycles. The Morgan fingerprint density at radius 3 is 2.85 bits per heavy atom. The van der Waals surface area contributed by atoms with E-state index in [9.17, 15) is 0 Å². The molecule has 0 bridgehead atoms. The molecule has 0 amide bonds. The van der Waals surface area contributed by atoms with Crippen molar-refractivity contribution in [2.24, 2.45) is 0 Å². The van der Waals surface area contributed by atoms with Gasteiger partial charge in [0.1, 0.15) is 0 Å². The molecule has 1 heterocycles. The number of halogens is 1. The molecule has 0 aliphatic rings. The van der Waals surface area contributed by atoms with Gasteiger partial charge < -0.3 is 16.5 Å². The van der Waals surface area contributed by atoms with Gasteiger partial charge in [0.25, 0.3) is 0 Å². The van der Waals surface area contributed by atoms with Crippen LogP contribution in [0.2, 0.25) is 0 Å². The number of nitrogens with two attached hydrogens (primary N) is 2. The molecule has 2 aromatic rings. The van der Waals surface area contributed by atoms with Gasteiger partial charge in [-0.2, -0.15) is 0 Å². The molecule has 0 spiro atoms. The monoisotopic (exact) mass is 240 g/mol. The van der Waals surface area contributed by atoms with E-state index in [2.05, 4.69) is 25.9 Å². The maximum Gasteiger partial charge on any atom is 0.198 e. The summed E-state index contributed by atoms with van der Waals surface area (Å²) < 4.78 is 0. The van der Waals surface area contributed by atoms with Crippen molar-refractivity contribution in [1.82, 2.24) is 9.97 Å². The minimum absolute atomic E-state index is 0.398. The zero-order chi connectivity index (χ0) is 9.42. The van der Waals surface area contributed by atoms with Crippen molar-refractivity contribution in [2.45, 2.75) is 5.33 Å². The number of rotatable bonds is 1. The lowest BCUT2D eigenvalue weighted by Crippen LogP contribution is -1.89. The van der Waals surface area contributed by atoms with Crippen LogP contribution in [0.15, 0.2) is 12.1 Å². The lowest BCUT2D eigenvalue weighted by atomic mass is 10.2. The number of imidazole rings is 1. The Morgan fingerprint density at radius 2 is 2.15 bits per heavy atom. The number of benzene rings is 1. The number of nitrogens with zero attached hydrogens (tertiary/aromatic N) is 1. The van der Waals surface area contributed by atoms with Gasteiger partial charge in [-0.05, 0) is 11.6 Å². The number of hydrogen-bond donors (Lipinski definition) is 3. The van der Waals surface area contributed by atoms with E-state index in [4.69, 9.17) is 11.5 Å². The first kappa shape index (κ1) is 8.37. The lowest BCUT2D eigenvalue weighted by Gasteiger charge is -1.98. The quantitative estimate of drug-likeness (QED) is 0.524. The Balaban J connectivity index is 2.83. The topological polar surface area (TPSA) is 80.7 Å². The van der Waals surface area contributed by atoms with E-state index < -0.39 is 0 Å². The second-order valence-electron chi connectivity index (χ2n) is 2.79. The molecule has 0 aliphatic carbocycles. The lowest BCUT2D eigenvalue weighted by molar-refractivity contribution is 1.34. The van der Waals surface area contributed by atoms with Crippen LogP contribution in [-0.2, 0) is 5.33 Å². The van der Waals surface area contributed by atoms with Gasteiger partial charge >= 0.3 is 0 Å².